The Labute approximate surface area is 198 Å². The average Bonchev–Trinajstić information content (AvgIpc) is 2.78. The van der Waals surface area contributed by atoms with Crippen LogP contribution in [0.2, 0.25) is 0 Å². The predicted molar refractivity (Wildman–Crippen MR) is 129 cm³/mol. The first-order chi connectivity index (χ1) is 16.1. The number of rotatable bonds is 9. The number of pyridine rings is 1. The van der Waals surface area contributed by atoms with E-state index in [1.807, 2.05) is 6.92 Å². The monoisotopic (exact) mass is 493 g/mol. The van der Waals surface area contributed by atoms with Crippen LogP contribution in [0, 0.1) is 0 Å². The van der Waals surface area contributed by atoms with Gasteiger partial charge in [-0.15, -0.1) is 0 Å². The molecule has 186 valence electrons. The third kappa shape index (κ3) is 6.43. The van der Waals surface area contributed by atoms with Gasteiger partial charge >= 0.3 is 6.09 Å². The molecule has 1 amide bonds. The number of benzene rings is 1. The van der Waals surface area contributed by atoms with Crippen LogP contribution in [0.3, 0.4) is 0 Å². The van der Waals surface area contributed by atoms with E-state index in [2.05, 4.69) is 10.0 Å². The number of carbonyl (C=O) groups is 1. The van der Waals surface area contributed by atoms with E-state index in [9.17, 15) is 18.0 Å². The van der Waals surface area contributed by atoms with Gasteiger partial charge < -0.3 is 24.5 Å². The van der Waals surface area contributed by atoms with E-state index in [0.717, 1.165) is 0 Å². The molecule has 11 heteroatoms. The fourth-order valence-electron chi connectivity index (χ4n) is 3.93. The molecule has 1 aliphatic carbocycles. The Morgan fingerprint density at radius 3 is 2.44 bits per heavy atom. The molecular formula is C23H31N3O7S. The molecule has 1 saturated carbocycles. The van der Waals surface area contributed by atoms with Crippen molar-refractivity contribution >= 4 is 21.8 Å². The molecule has 2 aromatic rings. The highest BCUT2D eigenvalue weighted by atomic mass is 32.2. The van der Waals surface area contributed by atoms with Crippen LogP contribution in [0.4, 0.5) is 10.5 Å². The van der Waals surface area contributed by atoms with Gasteiger partial charge in [0, 0.05) is 42.2 Å². The van der Waals surface area contributed by atoms with Crippen molar-refractivity contribution in [1.82, 2.24) is 9.88 Å². The van der Waals surface area contributed by atoms with Crippen LogP contribution in [-0.4, -0.2) is 48.7 Å². The first-order valence-electron chi connectivity index (χ1n) is 11.3. The Bertz CT molecular complexity index is 1190. The zero-order valence-electron chi connectivity index (χ0n) is 19.5. The van der Waals surface area contributed by atoms with Gasteiger partial charge in [-0.1, -0.05) is 0 Å². The summed E-state index contributed by atoms with van der Waals surface area (Å²) in [6.45, 7) is 3.71. The van der Waals surface area contributed by atoms with Crippen LogP contribution in [0.1, 0.15) is 39.5 Å². The van der Waals surface area contributed by atoms with E-state index < -0.39 is 16.1 Å². The van der Waals surface area contributed by atoms with Crippen molar-refractivity contribution in [3.8, 4) is 22.6 Å². The van der Waals surface area contributed by atoms with Crippen molar-refractivity contribution < 1.29 is 27.8 Å². The molecule has 0 bridgehead atoms. The van der Waals surface area contributed by atoms with Crippen molar-refractivity contribution in [2.24, 2.45) is 7.05 Å². The van der Waals surface area contributed by atoms with E-state index in [1.165, 1.54) is 10.6 Å². The minimum absolute atomic E-state index is 0.0712. The summed E-state index contributed by atoms with van der Waals surface area (Å²) < 4.78 is 40.3. The zero-order valence-corrected chi connectivity index (χ0v) is 20.4. The number of ether oxygens (including phenoxy) is 2. The van der Waals surface area contributed by atoms with Crippen molar-refractivity contribution in [2.75, 3.05) is 17.1 Å². The molecule has 1 heterocycles. The minimum atomic E-state index is -3.50. The Morgan fingerprint density at radius 1 is 1.12 bits per heavy atom. The Balaban J connectivity index is 1.98. The van der Waals surface area contributed by atoms with E-state index in [4.69, 9.17) is 14.6 Å². The van der Waals surface area contributed by atoms with Gasteiger partial charge in [0.1, 0.15) is 11.5 Å². The lowest BCUT2D eigenvalue weighted by atomic mass is 9.93. The van der Waals surface area contributed by atoms with Crippen LogP contribution in [-0.2, 0) is 17.1 Å². The molecule has 34 heavy (non-hydrogen) atoms. The Hall–Kier alpha value is -3.21. The third-order valence-electron chi connectivity index (χ3n) is 5.71. The summed E-state index contributed by atoms with van der Waals surface area (Å²) in [7, 11) is -1.87. The molecule has 0 spiro atoms. The normalized spacial score (nSPS) is 18.2. The molecule has 1 aliphatic rings. The number of aromatic nitrogens is 1. The summed E-state index contributed by atoms with van der Waals surface area (Å²) in [5, 5.41) is 11.5. The lowest BCUT2D eigenvalue weighted by Gasteiger charge is -2.29. The highest BCUT2D eigenvalue weighted by Crippen LogP contribution is 2.39. The minimum Gasteiger partial charge on any atom is -0.493 e. The molecular weight excluding hydrogens is 462 g/mol. The maximum atomic E-state index is 12.2. The maximum Gasteiger partial charge on any atom is 0.404 e. The summed E-state index contributed by atoms with van der Waals surface area (Å²) in [6, 6.07) is 6.30. The number of nitrogens with one attached hydrogen (secondary N) is 2. The number of amides is 1. The molecule has 0 aliphatic heterocycles. The van der Waals surface area contributed by atoms with Gasteiger partial charge in [0.15, 0.2) is 0 Å². The molecule has 0 radical (unpaired) electrons. The fraction of sp³-hybridized carbons (Fsp3) is 0.478. The number of hydrogen-bond donors (Lipinski definition) is 3. The number of sulfonamides is 1. The summed E-state index contributed by atoms with van der Waals surface area (Å²) >= 11 is 0. The quantitative estimate of drug-likeness (QED) is 0.488. The van der Waals surface area contributed by atoms with Crippen molar-refractivity contribution in [3.63, 3.8) is 0 Å². The second-order valence-electron chi connectivity index (χ2n) is 8.19. The van der Waals surface area contributed by atoms with Gasteiger partial charge in [-0.2, -0.15) is 0 Å². The smallest absolute Gasteiger partial charge is 0.404 e. The lowest BCUT2D eigenvalue weighted by molar-refractivity contribution is 0.135. The van der Waals surface area contributed by atoms with Crippen LogP contribution in [0.25, 0.3) is 11.1 Å². The average molecular weight is 494 g/mol. The van der Waals surface area contributed by atoms with Gasteiger partial charge in [-0.25, -0.2) is 13.2 Å². The van der Waals surface area contributed by atoms with E-state index in [0.29, 0.717) is 60.6 Å². The topological polar surface area (TPSA) is 136 Å². The highest BCUT2D eigenvalue weighted by Gasteiger charge is 2.25. The lowest BCUT2D eigenvalue weighted by Crippen LogP contribution is -2.38. The van der Waals surface area contributed by atoms with Crippen molar-refractivity contribution in [2.45, 2.75) is 51.7 Å². The van der Waals surface area contributed by atoms with Gasteiger partial charge in [0.05, 0.1) is 18.5 Å². The Morgan fingerprint density at radius 2 is 1.82 bits per heavy atom. The summed E-state index contributed by atoms with van der Waals surface area (Å²) in [5.74, 6) is 0.826. The molecule has 1 aromatic heterocycles. The van der Waals surface area contributed by atoms with E-state index in [1.54, 1.807) is 38.4 Å². The first-order valence-corrected chi connectivity index (χ1v) is 12.9. The standard InChI is InChI=1S/C23H31N3O7S/c1-4-32-21-13-22(27)26(3)14-19(21)18-12-16(25-34(30,31)5-2)8-11-20(18)33-17-9-6-15(7-10-17)24-23(28)29/h8,11-15,17,24-25H,4-7,9-10H2,1-3H3,(H,28,29)/t15-,17-. The second kappa shape index (κ2) is 10.8. The predicted octanol–water partition coefficient (Wildman–Crippen LogP) is 3.17. The second-order valence-corrected chi connectivity index (χ2v) is 10.2. The number of anilines is 1. The Kier molecular flexibility index (Phi) is 8.08. The molecule has 10 nitrogen and oxygen atoms in total. The van der Waals surface area contributed by atoms with Gasteiger partial charge in [0.2, 0.25) is 10.0 Å². The van der Waals surface area contributed by atoms with Gasteiger partial charge in [0.25, 0.3) is 5.56 Å². The summed E-state index contributed by atoms with van der Waals surface area (Å²) in [4.78, 5) is 23.1. The van der Waals surface area contributed by atoms with Crippen LogP contribution in [0.15, 0.2) is 35.3 Å². The first kappa shape index (κ1) is 25.4. The molecule has 0 unspecified atom stereocenters. The summed E-state index contributed by atoms with van der Waals surface area (Å²) in [6.07, 6.45) is 3.12. The molecule has 1 aromatic carbocycles. The number of aryl methyl sites for hydroxylation is 1. The molecule has 0 atom stereocenters. The van der Waals surface area contributed by atoms with Crippen molar-refractivity contribution in [3.05, 3.63) is 40.8 Å². The zero-order chi connectivity index (χ0) is 24.9. The van der Waals surface area contributed by atoms with Crippen LogP contribution in [0.5, 0.6) is 11.5 Å². The fourth-order valence-corrected chi connectivity index (χ4v) is 4.56. The number of carboxylic acid groups (broad SMARTS) is 1. The largest absolute Gasteiger partial charge is 0.493 e. The number of hydrogen-bond acceptors (Lipinski definition) is 6. The van der Waals surface area contributed by atoms with Gasteiger partial charge in [-0.3, -0.25) is 9.52 Å². The van der Waals surface area contributed by atoms with Crippen LogP contribution >= 0.6 is 0 Å². The van der Waals surface area contributed by atoms with E-state index in [-0.39, 0.29) is 23.5 Å². The number of nitrogens with zero attached hydrogens (tertiary/aromatic N) is 1. The molecule has 0 saturated heterocycles. The van der Waals surface area contributed by atoms with Gasteiger partial charge in [-0.05, 0) is 57.7 Å². The molecule has 1 fully saturated rings. The summed E-state index contributed by atoms with van der Waals surface area (Å²) in [5.41, 5.74) is 1.32. The SMILES string of the molecule is CCOc1cc(=O)n(C)cc1-c1cc(NS(=O)(=O)CC)ccc1O[C@H]1CC[C@H](NC(=O)O)CC1. The maximum absolute atomic E-state index is 12.2. The van der Waals surface area contributed by atoms with E-state index >= 15 is 0 Å². The van der Waals surface area contributed by atoms with Crippen LogP contribution < -0.4 is 25.1 Å². The highest BCUT2D eigenvalue weighted by molar-refractivity contribution is 7.92. The third-order valence-corrected chi connectivity index (χ3v) is 7.02. The molecule has 3 N–H and O–H groups in total. The molecule has 3 rings (SSSR count). The van der Waals surface area contributed by atoms with Crippen molar-refractivity contribution in [1.29, 1.82) is 0 Å².